The summed E-state index contributed by atoms with van der Waals surface area (Å²) in [6.07, 6.45) is 1.17. The molecule has 0 heterocycles. The molecule has 0 saturated heterocycles. The fourth-order valence-corrected chi connectivity index (χ4v) is 4.42. The summed E-state index contributed by atoms with van der Waals surface area (Å²) in [5.41, 5.74) is 3.92. The minimum Gasteiger partial charge on any atom is -0.493 e. The van der Waals surface area contributed by atoms with E-state index in [0.29, 0.717) is 35.8 Å². The average Bonchev–Trinajstić information content (AvgIpc) is 2.82. The molecule has 34 heavy (non-hydrogen) atoms. The molecule has 0 fully saturated rings. The topological polar surface area (TPSA) is 89.5 Å². The van der Waals surface area contributed by atoms with E-state index in [1.807, 2.05) is 24.3 Å². The van der Waals surface area contributed by atoms with Gasteiger partial charge in [-0.2, -0.15) is 0 Å². The summed E-state index contributed by atoms with van der Waals surface area (Å²) in [6.45, 7) is 3.19. The van der Waals surface area contributed by atoms with E-state index in [9.17, 15) is 9.59 Å². The van der Waals surface area contributed by atoms with Gasteiger partial charge in [0.1, 0.15) is 0 Å². The summed E-state index contributed by atoms with van der Waals surface area (Å²) >= 11 is 0. The van der Waals surface area contributed by atoms with Gasteiger partial charge in [-0.3, -0.25) is 9.59 Å². The van der Waals surface area contributed by atoms with Crippen LogP contribution in [0.5, 0.6) is 23.0 Å². The van der Waals surface area contributed by atoms with Gasteiger partial charge in [-0.05, 0) is 59.4 Å². The van der Waals surface area contributed by atoms with Crippen LogP contribution in [0.3, 0.4) is 0 Å². The molecular weight excluding hydrogens is 440 g/mol. The SMILES string of the molecule is COc1cc2c(cc1OC)-c1cc(OC)c(OC)cc1C[C@@H](COC(C)=O)[C@H](COC(C)=O)C2. The van der Waals surface area contributed by atoms with Gasteiger partial charge in [0.05, 0.1) is 41.7 Å². The van der Waals surface area contributed by atoms with Crippen LogP contribution in [0.15, 0.2) is 24.3 Å². The van der Waals surface area contributed by atoms with Crippen molar-refractivity contribution < 1.29 is 38.0 Å². The second-order valence-electron chi connectivity index (χ2n) is 8.26. The highest BCUT2D eigenvalue weighted by molar-refractivity contribution is 5.77. The summed E-state index contributed by atoms with van der Waals surface area (Å²) in [5.74, 6) is 1.52. The lowest BCUT2D eigenvalue weighted by Crippen LogP contribution is -2.31. The van der Waals surface area contributed by atoms with E-state index >= 15 is 0 Å². The number of fused-ring (bicyclic) bond motifs is 3. The Kier molecular flexibility index (Phi) is 8.26. The lowest BCUT2D eigenvalue weighted by atomic mass is 9.77. The van der Waals surface area contributed by atoms with Crippen LogP contribution >= 0.6 is 0 Å². The quantitative estimate of drug-likeness (QED) is 0.536. The molecule has 0 aromatic heterocycles. The van der Waals surface area contributed by atoms with Crippen LogP contribution in [-0.2, 0) is 31.9 Å². The Labute approximate surface area is 200 Å². The van der Waals surface area contributed by atoms with Crippen molar-refractivity contribution in [3.05, 3.63) is 35.4 Å². The molecule has 184 valence electrons. The van der Waals surface area contributed by atoms with Crippen molar-refractivity contribution in [2.24, 2.45) is 11.8 Å². The summed E-state index contributed by atoms with van der Waals surface area (Å²) in [4.78, 5) is 23.2. The van der Waals surface area contributed by atoms with E-state index in [1.165, 1.54) is 13.8 Å². The number of carbonyl (C=O) groups excluding carboxylic acids is 2. The normalized spacial score (nSPS) is 16.8. The van der Waals surface area contributed by atoms with Gasteiger partial charge in [-0.1, -0.05) is 0 Å². The van der Waals surface area contributed by atoms with Crippen LogP contribution in [0.2, 0.25) is 0 Å². The Bertz CT molecular complexity index is 962. The zero-order valence-electron chi connectivity index (χ0n) is 20.6. The van der Waals surface area contributed by atoms with E-state index in [2.05, 4.69) is 0 Å². The van der Waals surface area contributed by atoms with Gasteiger partial charge in [0.2, 0.25) is 0 Å². The van der Waals surface area contributed by atoms with E-state index in [4.69, 9.17) is 28.4 Å². The van der Waals surface area contributed by atoms with Crippen LogP contribution in [-0.4, -0.2) is 53.6 Å². The van der Waals surface area contributed by atoms with Gasteiger partial charge in [0.25, 0.3) is 0 Å². The van der Waals surface area contributed by atoms with Crippen molar-refractivity contribution in [2.45, 2.75) is 26.7 Å². The first-order valence-electron chi connectivity index (χ1n) is 11.1. The van der Waals surface area contributed by atoms with E-state index in [1.54, 1.807) is 28.4 Å². The van der Waals surface area contributed by atoms with Gasteiger partial charge < -0.3 is 28.4 Å². The third kappa shape index (κ3) is 5.55. The Morgan fingerprint density at radius 2 is 0.971 bits per heavy atom. The van der Waals surface area contributed by atoms with Gasteiger partial charge >= 0.3 is 11.9 Å². The highest BCUT2D eigenvalue weighted by atomic mass is 16.5. The molecule has 2 aromatic rings. The summed E-state index contributed by atoms with van der Waals surface area (Å²) < 4.78 is 33.1. The first-order chi connectivity index (χ1) is 16.3. The van der Waals surface area contributed by atoms with Gasteiger partial charge in [0.15, 0.2) is 23.0 Å². The number of hydrogen-bond donors (Lipinski definition) is 0. The van der Waals surface area contributed by atoms with Crippen molar-refractivity contribution in [1.29, 1.82) is 0 Å². The zero-order valence-corrected chi connectivity index (χ0v) is 20.6. The molecule has 0 amide bonds. The Morgan fingerprint density at radius 1 is 0.647 bits per heavy atom. The summed E-state index contributed by atoms with van der Waals surface area (Å²) in [6, 6.07) is 7.80. The highest BCUT2D eigenvalue weighted by Crippen LogP contribution is 2.44. The van der Waals surface area contributed by atoms with Crippen LogP contribution in [0.1, 0.15) is 25.0 Å². The Balaban J connectivity index is 2.22. The summed E-state index contributed by atoms with van der Waals surface area (Å²) in [7, 11) is 6.38. The number of hydrogen-bond acceptors (Lipinski definition) is 8. The molecule has 0 aliphatic heterocycles. The first-order valence-corrected chi connectivity index (χ1v) is 11.1. The molecule has 3 rings (SSSR count). The lowest BCUT2D eigenvalue weighted by Gasteiger charge is -2.31. The van der Waals surface area contributed by atoms with Crippen LogP contribution < -0.4 is 18.9 Å². The molecule has 0 bridgehead atoms. The smallest absolute Gasteiger partial charge is 0.302 e. The molecular formula is C26H32O8. The molecule has 1 aliphatic carbocycles. The standard InChI is InChI=1S/C26H32O8/c1-15(27)33-13-19-7-17-9-23(29-3)25(31-5)11-21(17)22-12-26(32-6)24(30-4)10-18(22)8-20(19)14-34-16(2)28/h9-12,19-20H,7-8,13-14H2,1-6H3/t19-,20-/m0/s1. The molecule has 0 radical (unpaired) electrons. The maximum Gasteiger partial charge on any atom is 0.302 e. The van der Waals surface area contributed by atoms with Crippen molar-refractivity contribution >= 4 is 11.9 Å². The number of carbonyl (C=O) groups is 2. The second-order valence-corrected chi connectivity index (χ2v) is 8.26. The number of benzene rings is 2. The van der Waals surface area contributed by atoms with Crippen molar-refractivity contribution in [2.75, 3.05) is 41.7 Å². The van der Waals surface area contributed by atoms with Crippen molar-refractivity contribution in [1.82, 2.24) is 0 Å². The maximum absolute atomic E-state index is 11.6. The fourth-order valence-electron chi connectivity index (χ4n) is 4.42. The van der Waals surface area contributed by atoms with Gasteiger partial charge in [0, 0.05) is 25.7 Å². The largest absolute Gasteiger partial charge is 0.493 e. The maximum atomic E-state index is 11.6. The molecule has 8 nitrogen and oxygen atoms in total. The van der Waals surface area contributed by atoms with E-state index < -0.39 is 0 Å². The molecule has 0 saturated carbocycles. The van der Waals surface area contributed by atoms with Crippen molar-refractivity contribution in [3.63, 3.8) is 0 Å². The van der Waals surface area contributed by atoms with Crippen LogP contribution in [0, 0.1) is 11.8 Å². The van der Waals surface area contributed by atoms with E-state index in [0.717, 1.165) is 22.3 Å². The Hall–Kier alpha value is -3.42. The highest BCUT2D eigenvalue weighted by Gasteiger charge is 2.31. The zero-order chi connectivity index (χ0) is 24.8. The number of ether oxygens (including phenoxy) is 6. The monoisotopic (exact) mass is 472 g/mol. The average molecular weight is 473 g/mol. The number of methoxy groups -OCH3 is 4. The first kappa shape index (κ1) is 25.2. The predicted molar refractivity (Wildman–Crippen MR) is 126 cm³/mol. The molecule has 0 N–H and O–H groups in total. The molecule has 2 atom stereocenters. The number of esters is 2. The summed E-state index contributed by atoms with van der Waals surface area (Å²) in [5, 5.41) is 0. The van der Waals surface area contributed by atoms with Gasteiger partial charge in [-0.25, -0.2) is 0 Å². The third-order valence-electron chi connectivity index (χ3n) is 6.14. The molecule has 1 aliphatic rings. The third-order valence-corrected chi connectivity index (χ3v) is 6.14. The van der Waals surface area contributed by atoms with E-state index in [-0.39, 0.29) is 37.0 Å². The predicted octanol–water partition coefficient (Wildman–Crippen LogP) is 3.85. The van der Waals surface area contributed by atoms with Crippen LogP contribution in [0.25, 0.3) is 11.1 Å². The second kappa shape index (κ2) is 11.1. The molecule has 0 unspecified atom stereocenters. The molecule has 2 aromatic carbocycles. The van der Waals surface area contributed by atoms with Crippen LogP contribution in [0.4, 0.5) is 0 Å². The number of rotatable bonds is 8. The van der Waals surface area contributed by atoms with Gasteiger partial charge in [-0.15, -0.1) is 0 Å². The Morgan fingerprint density at radius 3 is 1.26 bits per heavy atom. The molecule has 0 spiro atoms. The minimum atomic E-state index is -0.354. The van der Waals surface area contributed by atoms with Crippen molar-refractivity contribution in [3.8, 4) is 34.1 Å². The lowest BCUT2D eigenvalue weighted by molar-refractivity contribution is -0.147. The molecule has 8 heteroatoms. The minimum absolute atomic E-state index is 0.0960. The fraction of sp³-hybridized carbons (Fsp3) is 0.462.